The Morgan fingerprint density at radius 1 is 1.36 bits per heavy atom. The molecule has 0 spiro atoms. The molecule has 0 aromatic carbocycles. The van der Waals surface area contributed by atoms with Crippen LogP contribution in [0.15, 0.2) is 36.8 Å². The SMILES string of the molecule is C[C@@H]1CN(C(=O)c2cccnc2-n2cccn2)CC(C)(C)O1. The van der Waals surface area contributed by atoms with Gasteiger partial charge in [0.05, 0.1) is 17.3 Å². The summed E-state index contributed by atoms with van der Waals surface area (Å²) in [6.45, 7) is 7.12. The van der Waals surface area contributed by atoms with Crippen LogP contribution in [0, 0.1) is 0 Å². The van der Waals surface area contributed by atoms with E-state index in [4.69, 9.17) is 4.74 Å². The van der Waals surface area contributed by atoms with E-state index in [1.165, 1.54) is 0 Å². The van der Waals surface area contributed by atoms with Gasteiger partial charge in [0.2, 0.25) is 0 Å². The van der Waals surface area contributed by atoms with Gasteiger partial charge in [-0.2, -0.15) is 5.10 Å². The smallest absolute Gasteiger partial charge is 0.257 e. The number of carbonyl (C=O) groups excluding carboxylic acids is 1. The summed E-state index contributed by atoms with van der Waals surface area (Å²) in [6.07, 6.45) is 5.13. The molecule has 0 bridgehead atoms. The summed E-state index contributed by atoms with van der Waals surface area (Å²) in [5.41, 5.74) is 0.206. The maximum atomic E-state index is 12.9. The fourth-order valence-corrected chi connectivity index (χ4v) is 2.92. The molecule has 22 heavy (non-hydrogen) atoms. The van der Waals surface area contributed by atoms with Crippen LogP contribution < -0.4 is 0 Å². The van der Waals surface area contributed by atoms with E-state index in [2.05, 4.69) is 10.1 Å². The second-order valence-electron chi connectivity index (χ2n) is 6.20. The lowest BCUT2D eigenvalue weighted by Crippen LogP contribution is -2.53. The molecule has 3 rings (SSSR count). The Morgan fingerprint density at radius 3 is 2.86 bits per heavy atom. The predicted octanol–water partition coefficient (Wildman–Crippen LogP) is 1.91. The lowest BCUT2D eigenvalue weighted by atomic mass is 10.0. The van der Waals surface area contributed by atoms with Gasteiger partial charge in [0, 0.05) is 31.7 Å². The molecule has 1 amide bonds. The van der Waals surface area contributed by atoms with Gasteiger partial charge in [0.15, 0.2) is 5.82 Å². The number of morpholine rings is 1. The molecular weight excluding hydrogens is 280 g/mol. The monoisotopic (exact) mass is 300 g/mol. The normalized spacial score (nSPS) is 20.9. The van der Waals surface area contributed by atoms with Crippen molar-refractivity contribution in [2.75, 3.05) is 13.1 Å². The van der Waals surface area contributed by atoms with Crippen LogP contribution in [0.3, 0.4) is 0 Å². The molecule has 116 valence electrons. The molecule has 1 aliphatic heterocycles. The quantitative estimate of drug-likeness (QED) is 0.850. The first-order valence-corrected chi connectivity index (χ1v) is 7.38. The summed E-state index contributed by atoms with van der Waals surface area (Å²) in [4.78, 5) is 19.1. The Kier molecular flexibility index (Phi) is 3.70. The highest BCUT2D eigenvalue weighted by molar-refractivity contribution is 5.97. The fourth-order valence-electron chi connectivity index (χ4n) is 2.92. The van der Waals surface area contributed by atoms with E-state index in [0.717, 1.165) is 0 Å². The Morgan fingerprint density at radius 2 is 2.18 bits per heavy atom. The van der Waals surface area contributed by atoms with E-state index in [-0.39, 0.29) is 17.6 Å². The zero-order chi connectivity index (χ0) is 15.7. The minimum atomic E-state index is -0.346. The summed E-state index contributed by atoms with van der Waals surface area (Å²) in [7, 11) is 0. The molecule has 1 aliphatic rings. The minimum Gasteiger partial charge on any atom is -0.369 e. The molecule has 1 saturated heterocycles. The number of hydrogen-bond donors (Lipinski definition) is 0. The van der Waals surface area contributed by atoms with Gasteiger partial charge in [-0.3, -0.25) is 4.79 Å². The van der Waals surface area contributed by atoms with Crippen molar-refractivity contribution in [1.82, 2.24) is 19.7 Å². The van der Waals surface area contributed by atoms with Crippen molar-refractivity contribution < 1.29 is 9.53 Å². The number of pyridine rings is 1. The molecule has 2 aromatic rings. The average Bonchev–Trinajstić information content (AvgIpc) is 2.98. The third kappa shape index (κ3) is 2.87. The third-order valence-electron chi connectivity index (χ3n) is 3.60. The molecule has 0 aliphatic carbocycles. The van der Waals surface area contributed by atoms with E-state index in [1.807, 2.05) is 31.7 Å². The maximum absolute atomic E-state index is 12.9. The summed E-state index contributed by atoms with van der Waals surface area (Å²) in [6, 6.07) is 5.37. The predicted molar refractivity (Wildman–Crippen MR) is 81.9 cm³/mol. The molecular formula is C16H20N4O2. The highest BCUT2D eigenvalue weighted by Crippen LogP contribution is 2.23. The van der Waals surface area contributed by atoms with Crippen molar-refractivity contribution in [2.24, 2.45) is 0 Å². The first-order valence-electron chi connectivity index (χ1n) is 7.38. The zero-order valence-corrected chi connectivity index (χ0v) is 13.1. The molecule has 6 nitrogen and oxygen atoms in total. The van der Waals surface area contributed by atoms with Crippen LogP contribution in [-0.4, -0.2) is 50.4 Å². The van der Waals surface area contributed by atoms with Crippen LogP contribution in [-0.2, 0) is 4.74 Å². The van der Waals surface area contributed by atoms with Gasteiger partial charge in [0.25, 0.3) is 5.91 Å². The van der Waals surface area contributed by atoms with E-state index in [0.29, 0.717) is 24.5 Å². The highest BCUT2D eigenvalue weighted by Gasteiger charge is 2.34. The summed E-state index contributed by atoms with van der Waals surface area (Å²) in [5, 5.41) is 4.18. The van der Waals surface area contributed by atoms with E-state index < -0.39 is 0 Å². The van der Waals surface area contributed by atoms with Gasteiger partial charge in [-0.25, -0.2) is 9.67 Å². The Hall–Kier alpha value is -2.21. The molecule has 2 aromatic heterocycles. The lowest BCUT2D eigenvalue weighted by Gasteiger charge is -2.41. The van der Waals surface area contributed by atoms with Crippen LogP contribution in [0.4, 0.5) is 0 Å². The molecule has 0 radical (unpaired) electrons. The number of ether oxygens (including phenoxy) is 1. The standard InChI is InChI=1S/C16H20N4O2/c1-12-10-19(11-16(2,3)22-12)15(21)13-6-4-7-17-14(13)20-9-5-8-18-20/h4-9,12H,10-11H2,1-3H3/t12-/m1/s1. The van der Waals surface area contributed by atoms with Crippen LogP contribution in [0.5, 0.6) is 0 Å². The number of aromatic nitrogens is 3. The van der Waals surface area contributed by atoms with Gasteiger partial charge >= 0.3 is 0 Å². The topological polar surface area (TPSA) is 60.2 Å². The minimum absolute atomic E-state index is 0.0116. The summed E-state index contributed by atoms with van der Waals surface area (Å²) in [5.74, 6) is 0.510. The van der Waals surface area contributed by atoms with Crippen molar-refractivity contribution in [1.29, 1.82) is 0 Å². The van der Waals surface area contributed by atoms with Crippen molar-refractivity contribution >= 4 is 5.91 Å². The van der Waals surface area contributed by atoms with E-state index in [1.54, 1.807) is 35.4 Å². The highest BCUT2D eigenvalue weighted by atomic mass is 16.5. The lowest BCUT2D eigenvalue weighted by molar-refractivity contribution is -0.118. The second kappa shape index (κ2) is 5.53. The van der Waals surface area contributed by atoms with Gasteiger partial charge in [-0.15, -0.1) is 0 Å². The average molecular weight is 300 g/mol. The van der Waals surface area contributed by atoms with Crippen LogP contribution >= 0.6 is 0 Å². The Balaban J connectivity index is 1.93. The Labute approximate surface area is 129 Å². The molecule has 3 heterocycles. The molecule has 0 N–H and O–H groups in total. The van der Waals surface area contributed by atoms with Gasteiger partial charge < -0.3 is 9.64 Å². The number of hydrogen-bond acceptors (Lipinski definition) is 4. The molecule has 1 atom stereocenters. The second-order valence-corrected chi connectivity index (χ2v) is 6.20. The fraction of sp³-hybridized carbons (Fsp3) is 0.438. The molecule has 1 fully saturated rings. The molecule has 6 heteroatoms. The Bertz CT molecular complexity index is 667. The van der Waals surface area contributed by atoms with Gasteiger partial charge in [-0.05, 0) is 39.0 Å². The van der Waals surface area contributed by atoms with Gasteiger partial charge in [-0.1, -0.05) is 0 Å². The first kappa shape index (κ1) is 14.7. The summed E-state index contributed by atoms with van der Waals surface area (Å²) >= 11 is 0. The number of amides is 1. The molecule has 0 unspecified atom stereocenters. The van der Waals surface area contributed by atoms with Crippen molar-refractivity contribution in [3.05, 3.63) is 42.4 Å². The summed E-state index contributed by atoms with van der Waals surface area (Å²) < 4.78 is 7.48. The van der Waals surface area contributed by atoms with Crippen LogP contribution in [0.1, 0.15) is 31.1 Å². The maximum Gasteiger partial charge on any atom is 0.257 e. The largest absolute Gasteiger partial charge is 0.369 e. The van der Waals surface area contributed by atoms with E-state index >= 15 is 0 Å². The third-order valence-corrected chi connectivity index (χ3v) is 3.60. The van der Waals surface area contributed by atoms with E-state index in [9.17, 15) is 4.79 Å². The zero-order valence-electron chi connectivity index (χ0n) is 13.1. The van der Waals surface area contributed by atoms with Crippen LogP contribution in [0.25, 0.3) is 5.82 Å². The van der Waals surface area contributed by atoms with Crippen molar-refractivity contribution in [3.8, 4) is 5.82 Å². The number of rotatable bonds is 2. The van der Waals surface area contributed by atoms with Crippen molar-refractivity contribution in [3.63, 3.8) is 0 Å². The van der Waals surface area contributed by atoms with Gasteiger partial charge in [0.1, 0.15) is 0 Å². The van der Waals surface area contributed by atoms with Crippen LogP contribution in [0.2, 0.25) is 0 Å². The number of nitrogens with zero attached hydrogens (tertiary/aromatic N) is 4. The van der Waals surface area contributed by atoms with Crippen molar-refractivity contribution in [2.45, 2.75) is 32.5 Å². The molecule has 0 saturated carbocycles. The number of carbonyl (C=O) groups is 1. The first-order chi connectivity index (χ1) is 10.5.